The number of halogens is 1. The summed E-state index contributed by atoms with van der Waals surface area (Å²) in [5.74, 6) is 0. The van der Waals surface area contributed by atoms with E-state index in [4.69, 9.17) is 11.6 Å². The lowest BCUT2D eigenvalue weighted by atomic mass is 10.1. The van der Waals surface area contributed by atoms with Gasteiger partial charge in [0.15, 0.2) is 0 Å². The van der Waals surface area contributed by atoms with Crippen molar-refractivity contribution in [2.45, 2.75) is 45.7 Å². The standard InChI is InChI=1S/C16H25ClN2/c1-13-8-15(10-16(17)9-13)11-18-14(2)12-19-6-4-3-5-7-19/h8-10,14,18H,3-7,11-12H2,1-2H3. The van der Waals surface area contributed by atoms with Gasteiger partial charge in [-0.05, 0) is 63.0 Å². The Bertz CT molecular complexity index is 379. The minimum absolute atomic E-state index is 0.525. The van der Waals surface area contributed by atoms with Gasteiger partial charge in [0, 0.05) is 24.2 Å². The molecule has 0 saturated carbocycles. The Hall–Kier alpha value is -0.570. The van der Waals surface area contributed by atoms with Crippen molar-refractivity contribution >= 4 is 11.6 Å². The maximum absolute atomic E-state index is 6.09. The van der Waals surface area contributed by atoms with Gasteiger partial charge in [-0.2, -0.15) is 0 Å². The van der Waals surface area contributed by atoms with Gasteiger partial charge in [-0.3, -0.25) is 0 Å². The number of nitrogens with zero attached hydrogens (tertiary/aromatic N) is 1. The predicted molar refractivity (Wildman–Crippen MR) is 82.8 cm³/mol. The van der Waals surface area contributed by atoms with E-state index in [1.54, 1.807) is 0 Å². The first-order chi connectivity index (χ1) is 9.13. The lowest BCUT2D eigenvalue weighted by Gasteiger charge is -2.29. The molecule has 1 aliphatic rings. The number of aryl methyl sites for hydroxylation is 1. The summed E-state index contributed by atoms with van der Waals surface area (Å²) < 4.78 is 0. The third kappa shape index (κ3) is 5.13. The molecule has 0 aromatic heterocycles. The molecule has 1 N–H and O–H groups in total. The monoisotopic (exact) mass is 280 g/mol. The molecule has 3 heteroatoms. The van der Waals surface area contributed by atoms with Crippen LogP contribution in [0.1, 0.15) is 37.3 Å². The maximum atomic E-state index is 6.09. The zero-order valence-corrected chi connectivity index (χ0v) is 12.8. The van der Waals surface area contributed by atoms with E-state index >= 15 is 0 Å². The highest BCUT2D eigenvalue weighted by Gasteiger charge is 2.12. The number of likely N-dealkylation sites (tertiary alicyclic amines) is 1. The lowest BCUT2D eigenvalue weighted by Crippen LogP contribution is -2.41. The number of nitrogens with one attached hydrogen (secondary N) is 1. The van der Waals surface area contributed by atoms with Gasteiger partial charge >= 0.3 is 0 Å². The Balaban J connectivity index is 1.77. The lowest BCUT2D eigenvalue weighted by molar-refractivity contribution is 0.209. The summed E-state index contributed by atoms with van der Waals surface area (Å²) in [5, 5.41) is 4.43. The third-order valence-electron chi connectivity index (χ3n) is 3.74. The molecule has 1 aromatic carbocycles. The Kier molecular flexibility index (Phi) is 5.68. The fraction of sp³-hybridized carbons (Fsp3) is 0.625. The zero-order chi connectivity index (χ0) is 13.7. The predicted octanol–water partition coefficient (Wildman–Crippen LogP) is 3.61. The van der Waals surface area contributed by atoms with Crippen molar-refractivity contribution in [1.29, 1.82) is 0 Å². The first-order valence-electron chi connectivity index (χ1n) is 7.35. The second-order valence-electron chi connectivity index (χ2n) is 5.78. The van der Waals surface area contributed by atoms with Gasteiger partial charge < -0.3 is 10.2 Å². The van der Waals surface area contributed by atoms with E-state index in [1.165, 1.54) is 43.5 Å². The van der Waals surface area contributed by atoms with Crippen LogP contribution in [0.25, 0.3) is 0 Å². The van der Waals surface area contributed by atoms with Gasteiger partial charge in [-0.25, -0.2) is 0 Å². The maximum Gasteiger partial charge on any atom is 0.0411 e. The molecule has 1 fully saturated rings. The van der Waals surface area contributed by atoms with Crippen LogP contribution in [-0.2, 0) is 6.54 Å². The molecule has 2 rings (SSSR count). The fourth-order valence-corrected chi connectivity index (χ4v) is 3.11. The van der Waals surface area contributed by atoms with E-state index in [0.29, 0.717) is 6.04 Å². The Labute approximate surface area is 122 Å². The Morgan fingerprint density at radius 3 is 2.63 bits per heavy atom. The van der Waals surface area contributed by atoms with Gasteiger partial charge in [-0.1, -0.05) is 24.1 Å². The minimum Gasteiger partial charge on any atom is -0.309 e. The van der Waals surface area contributed by atoms with Gasteiger partial charge in [0.25, 0.3) is 0 Å². The minimum atomic E-state index is 0.525. The molecule has 1 unspecified atom stereocenters. The SMILES string of the molecule is Cc1cc(Cl)cc(CNC(C)CN2CCCCC2)c1. The summed E-state index contributed by atoms with van der Waals surface area (Å²) in [5.41, 5.74) is 2.50. The van der Waals surface area contributed by atoms with Crippen molar-refractivity contribution in [2.75, 3.05) is 19.6 Å². The van der Waals surface area contributed by atoms with Gasteiger partial charge in [-0.15, -0.1) is 0 Å². The van der Waals surface area contributed by atoms with Crippen molar-refractivity contribution in [3.05, 3.63) is 34.3 Å². The van der Waals surface area contributed by atoms with Crippen LogP contribution in [0, 0.1) is 6.92 Å². The van der Waals surface area contributed by atoms with Crippen molar-refractivity contribution in [2.24, 2.45) is 0 Å². The summed E-state index contributed by atoms with van der Waals surface area (Å²) in [7, 11) is 0. The molecule has 106 valence electrons. The molecular formula is C16H25ClN2. The average Bonchev–Trinajstić information content (AvgIpc) is 2.36. The smallest absolute Gasteiger partial charge is 0.0411 e. The van der Waals surface area contributed by atoms with E-state index in [1.807, 2.05) is 6.07 Å². The van der Waals surface area contributed by atoms with Crippen molar-refractivity contribution in [3.8, 4) is 0 Å². The zero-order valence-electron chi connectivity index (χ0n) is 12.1. The van der Waals surface area contributed by atoms with Crippen LogP contribution in [0.4, 0.5) is 0 Å². The molecule has 1 aliphatic heterocycles. The molecule has 1 atom stereocenters. The quantitative estimate of drug-likeness (QED) is 0.886. The van der Waals surface area contributed by atoms with E-state index in [-0.39, 0.29) is 0 Å². The number of hydrogen-bond acceptors (Lipinski definition) is 2. The summed E-state index contributed by atoms with van der Waals surface area (Å²) in [6.07, 6.45) is 4.13. The molecule has 0 aliphatic carbocycles. The van der Waals surface area contributed by atoms with Crippen LogP contribution in [0.15, 0.2) is 18.2 Å². The summed E-state index contributed by atoms with van der Waals surface area (Å²) in [6.45, 7) is 8.94. The van der Waals surface area contributed by atoms with E-state index < -0.39 is 0 Å². The van der Waals surface area contributed by atoms with Crippen LogP contribution in [0.5, 0.6) is 0 Å². The first kappa shape index (κ1) is 14.8. The van der Waals surface area contributed by atoms with Crippen LogP contribution in [-0.4, -0.2) is 30.6 Å². The topological polar surface area (TPSA) is 15.3 Å². The van der Waals surface area contributed by atoms with E-state index in [2.05, 4.69) is 36.2 Å². The Morgan fingerprint density at radius 1 is 1.21 bits per heavy atom. The van der Waals surface area contributed by atoms with Gasteiger partial charge in [0.2, 0.25) is 0 Å². The van der Waals surface area contributed by atoms with Crippen LogP contribution < -0.4 is 5.32 Å². The highest BCUT2D eigenvalue weighted by Crippen LogP contribution is 2.14. The average molecular weight is 281 g/mol. The summed E-state index contributed by atoms with van der Waals surface area (Å²) in [4.78, 5) is 2.57. The normalized spacial score (nSPS) is 18.5. The van der Waals surface area contributed by atoms with Crippen molar-refractivity contribution in [1.82, 2.24) is 10.2 Å². The fourth-order valence-electron chi connectivity index (χ4n) is 2.80. The molecule has 0 bridgehead atoms. The molecule has 2 nitrogen and oxygen atoms in total. The molecular weight excluding hydrogens is 256 g/mol. The van der Waals surface area contributed by atoms with Gasteiger partial charge in [0.05, 0.1) is 0 Å². The second-order valence-corrected chi connectivity index (χ2v) is 6.22. The van der Waals surface area contributed by atoms with Crippen LogP contribution in [0.3, 0.4) is 0 Å². The molecule has 0 spiro atoms. The second kappa shape index (κ2) is 7.28. The highest BCUT2D eigenvalue weighted by molar-refractivity contribution is 6.30. The molecule has 1 saturated heterocycles. The summed E-state index contributed by atoms with van der Waals surface area (Å²) in [6, 6.07) is 6.78. The first-order valence-corrected chi connectivity index (χ1v) is 7.73. The molecule has 1 aromatic rings. The number of hydrogen-bond donors (Lipinski definition) is 1. The molecule has 1 heterocycles. The van der Waals surface area contributed by atoms with Crippen molar-refractivity contribution in [3.63, 3.8) is 0 Å². The van der Waals surface area contributed by atoms with E-state index in [0.717, 1.165) is 18.1 Å². The summed E-state index contributed by atoms with van der Waals surface area (Å²) >= 11 is 6.09. The largest absolute Gasteiger partial charge is 0.309 e. The number of piperidine rings is 1. The molecule has 0 amide bonds. The number of benzene rings is 1. The van der Waals surface area contributed by atoms with Crippen LogP contribution in [0.2, 0.25) is 5.02 Å². The van der Waals surface area contributed by atoms with E-state index in [9.17, 15) is 0 Å². The number of rotatable bonds is 5. The Morgan fingerprint density at radius 2 is 1.95 bits per heavy atom. The van der Waals surface area contributed by atoms with Crippen molar-refractivity contribution < 1.29 is 0 Å². The molecule has 19 heavy (non-hydrogen) atoms. The highest BCUT2D eigenvalue weighted by atomic mass is 35.5. The van der Waals surface area contributed by atoms with Gasteiger partial charge in [0.1, 0.15) is 0 Å². The van der Waals surface area contributed by atoms with Crippen LogP contribution >= 0.6 is 11.6 Å². The third-order valence-corrected chi connectivity index (χ3v) is 3.96. The molecule has 0 radical (unpaired) electrons.